The number of hydrogen-bond donors (Lipinski definition) is 0. The molecule has 7 heteroatoms. The van der Waals surface area contributed by atoms with Gasteiger partial charge in [-0.2, -0.15) is 9.40 Å². The van der Waals surface area contributed by atoms with Gasteiger partial charge in [-0.25, -0.2) is 8.42 Å². The van der Waals surface area contributed by atoms with E-state index in [2.05, 4.69) is 4.90 Å². The Kier molecular flexibility index (Phi) is 4.62. The van der Waals surface area contributed by atoms with Crippen LogP contribution >= 0.6 is 0 Å². The molecule has 2 aliphatic heterocycles. The van der Waals surface area contributed by atoms with Crippen LogP contribution in [0.25, 0.3) is 0 Å². The number of benzene rings is 1. The van der Waals surface area contributed by atoms with E-state index < -0.39 is 10.0 Å². The zero-order valence-corrected chi connectivity index (χ0v) is 16.3. The quantitative estimate of drug-likeness (QED) is 0.822. The molecular formula is C19H26N4O2S. The molecule has 0 bridgehead atoms. The van der Waals surface area contributed by atoms with E-state index in [4.69, 9.17) is 5.10 Å². The van der Waals surface area contributed by atoms with Crippen LogP contribution in [0.4, 0.5) is 0 Å². The Bertz CT molecular complexity index is 914. The predicted octanol–water partition coefficient (Wildman–Crippen LogP) is 2.07. The minimum Gasteiger partial charge on any atom is -0.297 e. The summed E-state index contributed by atoms with van der Waals surface area (Å²) in [4.78, 5) is 2.79. The molecule has 1 aromatic carbocycles. The van der Waals surface area contributed by atoms with Crippen LogP contribution in [0, 0.1) is 6.92 Å². The Morgan fingerprint density at radius 2 is 1.92 bits per heavy atom. The maximum absolute atomic E-state index is 13.1. The van der Waals surface area contributed by atoms with Crippen LogP contribution in [0.2, 0.25) is 0 Å². The van der Waals surface area contributed by atoms with Gasteiger partial charge in [0.1, 0.15) is 0 Å². The summed E-state index contributed by atoms with van der Waals surface area (Å²) in [5.41, 5.74) is 4.27. The van der Waals surface area contributed by atoms with Crippen LogP contribution in [0.15, 0.2) is 29.2 Å². The van der Waals surface area contributed by atoms with Gasteiger partial charge in [-0.15, -0.1) is 0 Å². The van der Waals surface area contributed by atoms with Gasteiger partial charge in [0.15, 0.2) is 0 Å². The Balaban J connectivity index is 1.62. The smallest absolute Gasteiger partial charge is 0.243 e. The molecule has 0 aliphatic carbocycles. The highest BCUT2D eigenvalue weighted by Crippen LogP contribution is 2.28. The van der Waals surface area contributed by atoms with Crippen molar-refractivity contribution in [3.05, 3.63) is 46.8 Å². The van der Waals surface area contributed by atoms with E-state index in [9.17, 15) is 8.42 Å². The highest BCUT2D eigenvalue weighted by molar-refractivity contribution is 7.89. The number of aromatic nitrogens is 2. The molecule has 1 saturated heterocycles. The van der Waals surface area contributed by atoms with Crippen LogP contribution in [0.1, 0.15) is 35.4 Å². The molecule has 0 amide bonds. The van der Waals surface area contributed by atoms with Crippen LogP contribution < -0.4 is 0 Å². The second-order valence-corrected chi connectivity index (χ2v) is 9.32. The first-order chi connectivity index (χ1) is 12.4. The maximum Gasteiger partial charge on any atom is 0.243 e. The summed E-state index contributed by atoms with van der Waals surface area (Å²) < 4.78 is 29.8. The standard InChI is InChI=1S/C19H26N4O2S/c1-15-6-5-7-16(12-15)26(24,25)23-11-8-19-17(13-23)18(20-21(19)2)14-22-9-3-4-10-22/h5-7,12H,3-4,8-11,13-14H2,1-2H3. The van der Waals surface area contributed by atoms with Gasteiger partial charge in [-0.3, -0.25) is 9.58 Å². The number of rotatable bonds is 4. The third kappa shape index (κ3) is 3.19. The average molecular weight is 375 g/mol. The zero-order valence-electron chi connectivity index (χ0n) is 15.5. The van der Waals surface area contributed by atoms with E-state index in [1.165, 1.54) is 18.5 Å². The molecule has 1 fully saturated rings. The molecule has 0 saturated carbocycles. The zero-order chi connectivity index (χ0) is 18.3. The number of fused-ring (bicyclic) bond motifs is 1. The fraction of sp³-hybridized carbons (Fsp3) is 0.526. The molecule has 2 aliphatic rings. The first-order valence-electron chi connectivity index (χ1n) is 9.28. The van der Waals surface area contributed by atoms with Gasteiger partial charge in [0.05, 0.1) is 10.6 Å². The maximum atomic E-state index is 13.1. The van der Waals surface area contributed by atoms with Crippen molar-refractivity contribution in [1.29, 1.82) is 0 Å². The van der Waals surface area contributed by atoms with Gasteiger partial charge in [0, 0.05) is 44.4 Å². The van der Waals surface area contributed by atoms with E-state index in [0.29, 0.717) is 24.4 Å². The van der Waals surface area contributed by atoms with E-state index in [1.54, 1.807) is 22.5 Å². The second-order valence-electron chi connectivity index (χ2n) is 7.38. The average Bonchev–Trinajstić information content (AvgIpc) is 3.23. The Morgan fingerprint density at radius 1 is 1.15 bits per heavy atom. The number of likely N-dealkylation sites (tertiary alicyclic amines) is 1. The number of aryl methyl sites for hydroxylation is 2. The van der Waals surface area contributed by atoms with E-state index in [0.717, 1.165) is 36.5 Å². The highest BCUT2D eigenvalue weighted by Gasteiger charge is 2.32. The molecule has 3 heterocycles. The molecule has 0 unspecified atom stereocenters. The first kappa shape index (κ1) is 17.7. The topological polar surface area (TPSA) is 58.4 Å². The van der Waals surface area contributed by atoms with Gasteiger partial charge >= 0.3 is 0 Å². The van der Waals surface area contributed by atoms with Gasteiger partial charge in [-0.1, -0.05) is 12.1 Å². The van der Waals surface area contributed by atoms with Crippen LogP contribution in [-0.4, -0.2) is 47.0 Å². The monoisotopic (exact) mass is 374 g/mol. The summed E-state index contributed by atoms with van der Waals surface area (Å²) in [6.07, 6.45) is 3.19. The molecule has 0 N–H and O–H groups in total. The van der Waals surface area contributed by atoms with Crippen molar-refractivity contribution >= 4 is 10.0 Å². The molecule has 0 spiro atoms. The van der Waals surface area contributed by atoms with Crippen molar-refractivity contribution in [3.63, 3.8) is 0 Å². The molecule has 2 aromatic rings. The SMILES string of the molecule is Cc1cccc(S(=O)(=O)N2CCc3c(c(CN4CCCC4)nn3C)C2)c1. The van der Waals surface area contributed by atoms with Gasteiger partial charge in [0.2, 0.25) is 10.0 Å². The highest BCUT2D eigenvalue weighted by atomic mass is 32.2. The van der Waals surface area contributed by atoms with E-state index in [-0.39, 0.29) is 0 Å². The molecule has 4 rings (SSSR count). The summed E-state index contributed by atoms with van der Waals surface area (Å²) in [5.74, 6) is 0. The predicted molar refractivity (Wildman–Crippen MR) is 100 cm³/mol. The third-order valence-corrected chi connectivity index (χ3v) is 7.33. The minimum atomic E-state index is -3.48. The van der Waals surface area contributed by atoms with E-state index >= 15 is 0 Å². The summed E-state index contributed by atoms with van der Waals surface area (Å²) in [7, 11) is -1.51. The van der Waals surface area contributed by atoms with Crippen LogP contribution in [0.5, 0.6) is 0 Å². The van der Waals surface area contributed by atoms with Gasteiger partial charge in [0.25, 0.3) is 0 Å². The molecule has 1 aromatic heterocycles. The molecule has 26 heavy (non-hydrogen) atoms. The van der Waals surface area contributed by atoms with Gasteiger partial charge < -0.3 is 0 Å². The summed E-state index contributed by atoms with van der Waals surface area (Å²) >= 11 is 0. The lowest BCUT2D eigenvalue weighted by atomic mass is 10.1. The van der Waals surface area contributed by atoms with Crippen LogP contribution in [-0.2, 0) is 36.6 Å². The van der Waals surface area contributed by atoms with Gasteiger partial charge in [-0.05, 0) is 50.6 Å². The van der Waals surface area contributed by atoms with Crippen LogP contribution in [0.3, 0.4) is 0 Å². The first-order valence-corrected chi connectivity index (χ1v) is 10.7. The van der Waals surface area contributed by atoms with E-state index in [1.807, 2.05) is 24.7 Å². The summed E-state index contributed by atoms with van der Waals surface area (Å²) in [5, 5.41) is 4.71. The normalized spacial score (nSPS) is 19.0. The van der Waals surface area contributed by atoms with Crippen molar-refractivity contribution < 1.29 is 8.42 Å². The number of sulfonamides is 1. The molecule has 140 valence electrons. The number of nitrogens with zero attached hydrogens (tertiary/aromatic N) is 4. The van der Waals surface area contributed by atoms with Crippen molar-refractivity contribution in [3.8, 4) is 0 Å². The van der Waals surface area contributed by atoms with Crippen molar-refractivity contribution in [2.75, 3.05) is 19.6 Å². The Hall–Kier alpha value is -1.70. The summed E-state index contributed by atoms with van der Waals surface area (Å²) in [6.45, 7) is 5.88. The van der Waals surface area contributed by atoms with Crippen molar-refractivity contribution in [1.82, 2.24) is 19.0 Å². The lowest BCUT2D eigenvalue weighted by Gasteiger charge is -2.27. The fourth-order valence-corrected chi connectivity index (χ4v) is 5.57. The molecular weight excluding hydrogens is 348 g/mol. The minimum absolute atomic E-state index is 0.380. The Labute approximate surface area is 155 Å². The third-order valence-electron chi connectivity index (χ3n) is 5.49. The lowest BCUT2D eigenvalue weighted by molar-refractivity contribution is 0.322. The summed E-state index contributed by atoms with van der Waals surface area (Å²) in [6, 6.07) is 7.16. The fourth-order valence-electron chi connectivity index (χ4n) is 4.05. The van der Waals surface area contributed by atoms with Crippen molar-refractivity contribution in [2.45, 2.75) is 44.2 Å². The molecule has 0 atom stereocenters. The molecule has 0 radical (unpaired) electrons. The lowest BCUT2D eigenvalue weighted by Crippen LogP contribution is -2.36. The Morgan fingerprint density at radius 3 is 2.65 bits per heavy atom. The number of hydrogen-bond acceptors (Lipinski definition) is 4. The van der Waals surface area contributed by atoms with Crippen molar-refractivity contribution in [2.24, 2.45) is 7.05 Å². The molecule has 6 nitrogen and oxygen atoms in total. The second kappa shape index (κ2) is 6.79. The largest absolute Gasteiger partial charge is 0.297 e.